The molecule has 0 spiro atoms. The maximum Gasteiger partial charge on any atom is 0.340 e. The van der Waals surface area contributed by atoms with Crippen molar-refractivity contribution in [2.24, 2.45) is 0 Å². The van der Waals surface area contributed by atoms with Gasteiger partial charge in [0.2, 0.25) is 0 Å². The first-order valence-corrected chi connectivity index (χ1v) is 7.05. The fourth-order valence-electron chi connectivity index (χ4n) is 1.85. The smallest absolute Gasteiger partial charge is 0.340 e. The molecule has 0 aromatic heterocycles. The topological polar surface area (TPSA) is 80.6 Å². The summed E-state index contributed by atoms with van der Waals surface area (Å²) in [5.74, 6) is -1.48. The average molecular weight is 276 g/mol. The molecule has 5 heteroatoms. The minimum absolute atomic E-state index is 0.151. The van der Waals surface area contributed by atoms with Crippen LogP contribution in [0.1, 0.15) is 10.4 Å². The van der Waals surface area contributed by atoms with Gasteiger partial charge < -0.3 is 14.8 Å². The largest absolute Gasteiger partial charge is 0.612 e. The minimum atomic E-state index is -1.20. The van der Waals surface area contributed by atoms with Crippen LogP contribution < -0.4 is 0 Å². The fourth-order valence-corrected chi connectivity index (χ4v) is 2.41. The Balaban J connectivity index is 2.62. The van der Waals surface area contributed by atoms with Crippen molar-refractivity contribution in [1.82, 2.24) is 0 Å². The Hall–Kier alpha value is -1.98. The maximum absolute atomic E-state index is 11.5. The summed E-state index contributed by atoms with van der Waals surface area (Å²) in [5, 5.41) is 18.8. The summed E-state index contributed by atoms with van der Waals surface area (Å²) in [6.07, 6.45) is 1.56. The number of carboxylic acid groups (broad SMARTS) is 1. The number of phenols is 1. The Kier molecular flexibility index (Phi) is 3.78. The van der Waals surface area contributed by atoms with E-state index in [1.165, 1.54) is 6.07 Å². The Morgan fingerprint density at radius 1 is 1.21 bits per heavy atom. The summed E-state index contributed by atoms with van der Waals surface area (Å²) >= 11 is -1.15. The second-order valence-corrected chi connectivity index (χ2v) is 5.37. The summed E-state index contributed by atoms with van der Waals surface area (Å²) in [6, 6.07) is 11.3. The van der Waals surface area contributed by atoms with Crippen LogP contribution >= 0.6 is 0 Å². The third-order valence-electron chi connectivity index (χ3n) is 2.73. The van der Waals surface area contributed by atoms with Gasteiger partial charge in [0.05, 0.1) is 0 Å². The molecule has 1 unspecified atom stereocenters. The number of carboxylic acids is 1. The van der Waals surface area contributed by atoms with Gasteiger partial charge in [0.15, 0.2) is 4.90 Å². The lowest BCUT2D eigenvalue weighted by Gasteiger charge is -2.10. The van der Waals surface area contributed by atoms with E-state index >= 15 is 0 Å². The SMILES string of the molecule is C[S+]([O-])c1cccc(-c2cccc(O)c2C(=O)O)c1. The third kappa shape index (κ3) is 2.72. The molecular weight excluding hydrogens is 264 g/mol. The first-order valence-electron chi connectivity index (χ1n) is 5.50. The van der Waals surface area contributed by atoms with Gasteiger partial charge in [-0.15, -0.1) is 0 Å². The first kappa shape index (κ1) is 13.5. The molecule has 0 aliphatic heterocycles. The number of benzene rings is 2. The molecule has 0 radical (unpaired) electrons. The lowest BCUT2D eigenvalue weighted by atomic mass is 9.99. The maximum atomic E-state index is 11.5. The van der Waals surface area contributed by atoms with E-state index < -0.39 is 17.1 Å². The summed E-state index contributed by atoms with van der Waals surface area (Å²) in [6.45, 7) is 0. The Morgan fingerprint density at radius 3 is 2.53 bits per heavy atom. The van der Waals surface area contributed by atoms with E-state index in [0.29, 0.717) is 16.0 Å². The average Bonchev–Trinajstić information content (AvgIpc) is 2.38. The highest BCUT2D eigenvalue weighted by Crippen LogP contribution is 2.31. The lowest BCUT2D eigenvalue weighted by molar-refractivity contribution is 0.0694. The van der Waals surface area contributed by atoms with Gasteiger partial charge in [0.25, 0.3) is 0 Å². The van der Waals surface area contributed by atoms with Crippen LogP contribution in [-0.2, 0) is 11.2 Å². The number of hydrogen-bond acceptors (Lipinski definition) is 3. The van der Waals surface area contributed by atoms with Crippen LogP contribution in [0.25, 0.3) is 11.1 Å². The molecule has 19 heavy (non-hydrogen) atoms. The molecule has 0 saturated heterocycles. The van der Waals surface area contributed by atoms with Crippen molar-refractivity contribution < 1.29 is 19.6 Å². The molecule has 0 aliphatic carbocycles. The van der Waals surface area contributed by atoms with Crippen LogP contribution in [0.5, 0.6) is 5.75 Å². The van der Waals surface area contributed by atoms with Crippen LogP contribution in [0.2, 0.25) is 0 Å². The zero-order valence-electron chi connectivity index (χ0n) is 10.2. The van der Waals surface area contributed by atoms with Crippen molar-refractivity contribution in [2.75, 3.05) is 6.26 Å². The van der Waals surface area contributed by atoms with Gasteiger partial charge in [-0.1, -0.05) is 24.3 Å². The van der Waals surface area contributed by atoms with Crippen molar-refractivity contribution in [3.05, 3.63) is 48.0 Å². The van der Waals surface area contributed by atoms with E-state index in [1.54, 1.807) is 42.7 Å². The number of aromatic carboxylic acids is 1. The van der Waals surface area contributed by atoms with Gasteiger partial charge in [-0.3, -0.25) is 0 Å². The van der Waals surface area contributed by atoms with Gasteiger partial charge in [-0.25, -0.2) is 4.79 Å². The van der Waals surface area contributed by atoms with Crippen LogP contribution in [0, 0.1) is 0 Å². The molecule has 0 bridgehead atoms. The van der Waals surface area contributed by atoms with E-state index in [2.05, 4.69) is 0 Å². The van der Waals surface area contributed by atoms with Gasteiger partial charge in [0.1, 0.15) is 17.6 Å². The molecule has 0 aliphatic rings. The van der Waals surface area contributed by atoms with Crippen molar-refractivity contribution in [3.63, 3.8) is 0 Å². The fraction of sp³-hybridized carbons (Fsp3) is 0.0714. The normalized spacial score (nSPS) is 12.1. The van der Waals surface area contributed by atoms with Crippen molar-refractivity contribution >= 4 is 17.1 Å². The van der Waals surface area contributed by atoms with E-state index in [4.69, 9.17) is 5.11 Å². The molecule has 2 rings (SSSR count). The molecule has 2 N–H and O–H groups in total. The van der Waals surface area contributed by atoms with Crippen LogP contribution in [-0.4, -0.2) is 27.0 Å². The van der Waals surface area contributed by atoms with Crippen molar-refractivity contribution in [2.45, 2.75) is 4.90 Å². The summed E-state index contributed by atoms with van der Waals surface area (Å²) in [5.41, 5.74) is 0.863. The van der Waals surface area contributed by atoms with E-state index in [0.717, 1.165) is 0 Å². The summed E-state index contributed by atoms with van der Waals surface area (Å²) in [4.78, 5) is 11.8. The zero-order valence-corrected chi connectivity index (χ0v) is 11.0. The second-order valence-electron chi connectivity index (χ2n) is 3.99. The van der Waals surface area contributed by atoms with E-state index in [9.17, 15) is 14.5 Å². The molecule has 2 aromatic carbocycles. The van der Waals surface area contributed by atoms with E-state index in [-0.39, 0.29) is 11.3 Å². The minimum Gasteiger partial charge on any atom is -0.612 e. The number of hydrogen-bond donors (Lipinski definition) is 2. The molecule has 0 saturated carbocycles. The zero-order chi connectivity index (χ0) is 14.0. The van der Waals surface area contributed by atoms with Crippen LogP contribution in [0.15, 0.2) is 47.4 Å². The van der Waals surface area contributed by atoms with Gasteiger partial charge >= 0.3 is 5.97 Å². The van der Waals surface area contributed by atoms with Crippen molar-refractivity contribution in [1.29, 1.82) is 0 Å². The Bertz CT molecular complexity index is 623. The molecule has 0 fully saturated rings. The highest BCUT2D eigenvalue weighted by Gasteiger charge is 2.17. The highest BCUT2D eigenvalue weighted by molar-refractivity contribution is 7.90. The Morgan fingerprint density at radius 2 is 1.89 bits per heavy atom. The standard InChI is InChI=1S/C14H12O4S/c1-19(18)10-5-2-4-9(8-10)11-6-3-7-12(15)13(11)14(16)17/h2-8,15H,1H3,(H,16,17). The molecule has 98 valence electrons. The second kappa shape index (κ2) is 5.34. The third-order valence-corrected chi connectivity index (χ3v) is 3.65. The predicted molar refractivity (Wildman–Crippen MR) is 72.8 cm³/mol. The molecular formula is C14H12O4S. The molecule has 4 nitrogen and oxygen atoms in total. The van der Waals surface area contributed by atoms with Crippen molar-refractivity contribution in [3.8, 4) is 16.9 Å². The number of carbonyl (C=O) groups is 1. The van der Waals surface area contributed by atoms with Gasteiger partial charge in [-0.2, -0.15) is 0 Å². The molecule has 0 amide bonds. The molecule has 0 heterocycles. The van der Waals surface area contributed by atoms with E-state index in [1.807, 2.05) is 0 Å². The summed E-state index contributed by atoms with van der Waals surface area (Å²) in [7, 11) is 0. The lowest BCUT2D eigenvalue weighted by Crippen LogP contribution is -2.01. The monoisotopic (exact) mass is 276 g/mol. The number of rotatable bonds is 3. The predicted octanol–water partition coefficient (Wildman–Crippen LogP) is 2.49. The molecule has 1 atom stereocenters. The highest BCUT2D eigenvalue weighted by atomic mass is 32.2. The van der Waals surface area contributed by atoms with Crippen LogP contribution in [0.4, 0.5) is 0 Å². The van der Waals surface area contributed by atoms with Crippen LogP contribution in [0.3, 0.4) is 0 Å². The van der Waals surface area contributed by atoms with Gasteiger partial charge in [0, 0.05) is 11.6 Å². The molecule has 2 aromatic rings. The van der Waals surface area contributed by atoms with Gasteiger partial charge in [-0.05, 0) is 28.9 Å². The summed E-state index contributed by atoms with van der Waals surface area (Å²) < 4.78 is 11.5. The number of aromatic hydroxyl groups is 1. The Labute approximate surface area is 113 Å². The quantitative estimate of drug-likeness (QED) is 0.844. The first-order chi connectivity index (χ1) is 9.00.